The molecule has 0 aromatic heterocycles. The van der Waals surface area contributed by atoms with Gasteiger partial charge >= 0.3 is 0 Å². The highest BCUT2D eigenvalue weighted by Crippen LogP contribution is 2.25. The number of hydrogen-bond donors (Lipinski definition) is 2. The predicted octanol–water partition coefficient (Wildman–Crippen LogP) is 1.32. The Morgan fingerprint density at radius 2 is 2.42 bits per heavy atom. The number of hydrogen-bond acceptors (Lipinski definition) is 4. The highest BCUT2D eigenvalue weighted by Gasteiger charge is 2.18. The van der Waals surface area contributed by atoms with Gasteiger partial charge in [-0.1, -0.05) is 6.07 Å². The molecule has 0 spiro atoms. The minimum Gasteiger partial charge on any atom is -0.495 e. The summed E-state index contributed by atoms with van der Waals surface area (Å²) >= 11 is 0. The monoisotopic (exact) mass is 264 g/mol. The van der Waals surface area contributed by atoms with Crippen molar-refractivity contribution in [2.24, 2.45) is 0 Å². The zero-order valence-electron chi connectivity index (χ0n) is 11.4. The van der Waals surface area contributed by atoms with Crippen LogP contribution in [-0.4, -0.2) is 38.8 Å². The van der Waals surface area contributed by atoms with Crippen molar-refractivity contribution in [3.05, 3.63) is 23.8 Å². The van der Waals surface area contributed by atoms with Gasteiger partial charge in [0.25, 0.3) is 0 Å². The molecule has 1 fully saturated rings. The zero-order chi connectivity index (χ0) is 13.7. The normalized spacial score (nSPS) is 18.9. The van der Waals surface area contributed by atoms with Crippen LogP contribution < -0.4 is 15.4 Å². The number of carbonyl (C=O) groups is 1. The van der Waals surface area contributed by atoms with E-state index in [4.69, 9.17) is 9.47 Å². The van der Waals surface area contributed by atoms with Crippen LogP contribution in [0.4, 0.5) is 5.69 Å². The summed E-state index contributed by atoms with van der Waals surface area (Å²) in [7, 11) is 1.59. The maximum atomic E-state index is 12.0. The number of ether oxygens (including phenoxy) is 2. The predicted molar refractivity (Wildman–Crippen MR) is 73.6 cm³/mol. The lowest BCUT2D eigenvalue weighted by atomic mass is 10.2. The first-order valence-corrected chi connectivity index (χ1v) is 6.46. The molecular formula is C14H20N2O3. The van der Waals surface area contributed by atoms with Gasteiger partial charge in [-0.15, -0.1) is 0 Å². The molecule has 2 rings (SSSR count). The van der Waals surface area contributed by atoms with Crippen molar-refractivity contribution in [2.75, 3.05) is 32.1 Å². The molecule has 104 valence electrons. The van der Waals surface area contributed by atoms with E-state index in [1.54, 1.807) is 7.11 Å². The molecule has 5 heteroatoms. The SMILES string of the molecule is COc1ccc(C)cc1NC(=O)CC1CNCCO1. The average Bonchev–Trinajstić information content (AvgIpc) is 2.40. The lowest BCUT2D eigenvalue weighted by Crippen LogP contribution is -2.40. The number of aryl methyl sites for hydroxylation is 1. The molecule has 2 N–H and O–H groups in total. The zero-order valence-corrected chi connectivity index (χ0v) is 11.4. The number of anilines is 1. The highest BCUT2D eigenvalue weighted by molar-refractivity contribution is 5.92. The maximum absolute atomic E-state index is 12.0. The molecule has 1 atom stereocenters. The van der Waals surface area contributed by atoms with E-state index in [0.29, 0.717) is 24.5 Å². The fourth-order valence-electron chi connectivity index (χ4n) is 2.08. The van der Waals surface area contributed by atoms with Crippen LogP contribution in [0, 0.1) is 6.92 Å². The summed E-state index contributed by atoms with van der Waals surface area (Å²) < 4.78 is 10.7. The van der Waals surface area contributed by atoms with Crippen LogP contribution >= 0.6 is 0 Å². The van der Waals surface area contributed by atoms with Crippen LogP contribution in [0.5, 0.6) is 5.75 Å². The first-order chi connectivity index (χ1) is 9.19. The Bertz CT molecular complexity index is 442. The molecule has 1 aliphatic rings. The molecule has 1 amide bonds. The van der Waals surface area contributed by atoms with E-state index in [2.05, 4.69) is 10.6 Å². The van der Waals surface area contributed by atoms with Gasteiger partial charge in [0.1, 0.15) is 5.75 Å². The van der Waals surface area contributed by atoms with Crippen LogP contribution in [-0.2, 0) is 9.53 Å². The summed E-state index contributed by atoms with van der Waals surface area (Å²) in [6.07, 6.45) is 0.300. The Hall–Kier alpha value is -1.59. The van der Waals surface area contributed by atoms with Gasteiger partial charge in [-0.25, -0.2) is 0 Å². The van der Waals surface area contributed by atoms with Crippen molar-refractivity contribution in [3.63, 3.8) is 0 Å². The van der Waals surface area contributed by atoms with Crippen molar-refractivity contribution < 1.29 is 14.3 Å². The van der Waals surface area contributed by atoms with E-state index < -0.39 is 0 Å². The number of amides is 1. The Morgan fingerprint density at radius 1 is 1.58 bits per heavy atom. The quantitative estimate of drug-likeness (QED) is 0.861. The van der Waals surface area contributed by atoms with E-state index in [1.165, 1.54) is 0 Å². The number of nitrogens with one attached hydrogen (secondary N) is 2. The molecule has 19 heavy (non-hydrogen) atoms. The summed E-state index contributed by atoms with van der Waals surface area (Å²) in [6, 6.07) is 5.70. The molecular weight excluding hydrogens is 244 g/mol. The molecule has 0 saturated carbocycles. The minimum atomic E-state index is -0.0578. The number of methoxy groups -OCH3 is 1. The lowest BCUT2D eigenvalue weighted by molar-refractivity contribution is -0.119. The second-order valence-corrected chi connectivity index (χ2v) is 4.65. The van der Waals surface area contributed by atoms with Crippen molar-refractivity contribution in [3.8, 4) is 5.75 Å². The third kappa shape index (κ3) is 3.94. The van der Waals surface area contributed by atoms with Crippen molar-refractivity contribution in [2.45, 2.75) is 19.4 Å². The van der Waals surface area contributed by atoms with Crippen molar-refractivity contribution >= 4 is 11.6 Å². The van der Waals surface area contributed by atoms with Crippen LogP contribution in [0.2, 0.25) is 0 Å². The number of benzene rings is 1. The van der Waals surface area contributed by atoms with Gasteiger partial charge in [-0.05, 0) is 24.6 Å². The second-order valence-electron chi connectivity index (χ2n) is 4.65. The molecule has 5 nitrogen and oxygen atoms in total. The Balaban J connectivity index is 1.95. The fourth-order valence-corrected chi connectivity index (χ4v) is 2.08. The van der Waals surface area contributed by atoms with Crippen LogP contribution in [0.25, 0.3) is 0 Å². The van der Waals surface area contributed by atoms with E-state index in [-0.39, 0.29) is 12.0 Å². The van der Waals surface area contributed by atoms with Crippen molar-refractivity contribution in [1.29, 1.82) is 0 Å². The summed E-state index contributed by atoms with van der Waals surface area (Å²) in [5.74, 6) is 0.610. The lowest BCUT2D eigenvalue weighted by Gasteiger charge is -2.23. The molecule has 0 bridgehead atoms. The third-order valence-corrected chi connectivity index (χ3v) is 3.05. The van der Waals surface area contributed by atoms with E-state index >= 15 is 0 Å². The van der Waals surface area contributed by atoms with E-state index in [9.17, 15) is 4.79 Å². The topological polar surface area (TPSA) is 59.6 Å². The summed E-state index contributed by atoms with van der Waals surface area (Å²) in [6.45, 7) is 4.21. The molecule has 0 radical (unpaired) electrons. The van der Waals surface area contributed by atoms with Crippen LogP contribution in [0.15, 0.2) is 18.2 Å². The largest absolute Gasteiger partial charge is 0.495 e. The van der Waals surface area contributed by atoms with Gasteiger partial charge < -0.3 is 20.1 Å². The average molecular weight is 264 g/mol. The Morgan fingerprint density at radius 3 is 3.11 bits per heavy atom. The van der Waals surface area contributed by atoms with Gasteiger partial charge in [0.2, 0.25) is 5.91 Å². The third-order valence-electron chi connectivity index (χ3n) is 3.05. The Kier molecular flexibility index (Phi) is 4.76. The highest BCUT2D eigenvalue weighted by atomic mass is 16.5. The number of morpholine rings is 1. The maximum Gasteiger partial charge on any atom is 0.227 e. The summed E-state index contributed by atoms with van der Waals surface area (Å²) in [5, 5.41) is 6.08. The van der Waals surface area contributed by atoms with Gasteiger partial charge in [-0.3, -0.25) is 4.79 Å². The van der Waals surface area contributed by atoms with Crippen LogP contribution in [0.3, 0.4) is 0 Å². The Labute approximate surface area is 113 Å². The molecule has 1 unspecified atom stereocenters. The molecule has 1 saturated heterocycles. The molecule has 1 aromatic rings. The van der Waals surface area contributed by atoms with Crippen molar-refractivity contribution in [1.82, 2.24) is 5.32 Å². The van der Waals surface area contributed by atoms with Gasteiger partial charge in [0, 0.05) is 13.1 Å². The van der Waals surface area contributed by atoms with Gasteiger partial charge in [-0.2, -0.15) is 0 Å². The van der Waals surface area contributed by atoms with Gasteiger partial charge in [0.05, 0.1) is 31.9 Å². The molecule has 0 aliphatic carbocycles. The molecule has 1 heterocycles. The number of carbonyl (C=O) groups excluding carboxylic acids is 1. The minimum absolute atomic E-state index is 0.0513. The number of rotatable bonds is 4. The van der Waals surface area contributed by atoms with Gasteiger partial charge in [0.15, 0.2) is 0 Å². The molecule has 1 aromatic carbocycles. The smallest absolute Gasteiger partial charge is 0.227 e. The van der Waals surface area contributed by atoms with E-state index in [0.717, 1.165) is 18.7 Å². The first kappa shape index (κ1) is 13.8. The summed E-state index contributed by atoms with van der Waals surface area (Å²) in [5.41, 5.74) is 1.78. The standard InChI is InChI=1S/C14H20N2O3/c1-10-3-4-13(18-2)12(7-10)16-14(17)8-11-9-15-5-6-19-11/h3-4,7,11,15H,5-6,8-9H2,1-2H3,(H,16,17). The van der Waals surface area contributed by atoms with Crippen LogP contribution in [0.1, 0.15) is 12.0 Å². The second kappa shape index (κ2) is 6.54. The first-order valence-electron chi connectivity index (χ1n) is 6.46. The summed E-state index contributed by atoms with van der Waals surface area (Å²) in [4.78, 5) is 12.0. The fraction of sp³-hybridized carbons (Fsp3) is 0.500. The molecule has 1 aliphatic heterocycles. The van der Waals surface area contributed by atoms with E-state index in [1.807, 2.05) is 25.1 Å².